The van der Waals surface area contributed by atoms with E-state index in [1.54, 1.807) is 13.2 Å². The van der Waals surface area contributed by atoms with Crippen molar-refractivity contribution in [2.75, 3.05) is 18.2 Å². The van der Waals surface area contributed by atoms with E-state index in [1.165, 1.54) is 23.1 Å². The molecule has 0 radical (unpaired) electrons. The number of anilines is 1. The van der Waals surface area contributed by atoms with Gasteiger partial charge in [-0.15, -0.1) is 27.0 Å². The van der Waals surface area contributed by atoms with E-state index in [4.69, 9.17) is 4.74 Å². The van der Waals surface area contributed by atoms with Crippen LogP contribution in [-0.2, 0) is 17.8 Å². The van der Waals surface area contributed by atoms with Crippen LogP contribution >= 0.6 is 23.1 Å². The molecule has 2 heterocycles. The molecule has 0 aliphatic heterocycles. The van der Waals surface area contributed by atoms with Crippen LogP contribution in [0.3, 0.4) is 0 Å². The fourth-order valence-corrected chi connectivity index (χ4v) is 3.84. The Bertz CT molecular complexity index is 969. The van der Waals surface area contributed by atoms with Crippen LogP contribution in [0.1, 0.15) is 11.9 Å². The summed E-state index contributed by atoms with van der Waals surface area (Å²) in [4.78, 5) is 12.2. The van der Waals surface area contributed by atoms with Gasteiger partial charge in [-0.1, -0.05) is 48.2 Å². The van der Waals surface area contributed by atoms with Crippen LogP contribution in [0.5, 0.6) is 5.75 Å². The summed E-state index contributed by atoms with van der Waals surface area (Å²) in [5.41, 5.74) is 0.881. The number of benzene rings is 1. The first-order valence-corrected chi connectivity index (χ1v) is 10.4. The molecule has 1 aromatic carbocycles. The number of hydrogen-bond donors (Lipinski definition) is 1. The third kappa shape index (κ3) is 4.76. The van der Waals surface area contributed by atoms with E-state index in [-0.39, 0.29) is 11.7 Å². The topological polar surface area (TPSA) is 94.8 Å². The number of aromatic nitrogens is 5. The molecule has 2 aromatic heterocycles. The fourth-order valence-electron chi connectivity index (χ4n) is 2.40. The first-order chi connectivity index (χ1) is 13.6. The summed E-state index contributed by atoms with van der Waals surface area (Å²) in [6.07, 6.45) is 2.56. The summed E-state index contributed by atoms with van der Waals surface area (Å²) in [5, 5.41) is 21.3. The molecule has 0 spiro atoms. The van der Waals surface area contributed by atoms with Gasteiger partial charge >= 0.3 is 0 Å². The summed E-state index contributed by atoms with van der Waals surface area (Å²) in [6, 6.07) is 7.60. The quantitative estimate of drug-likeness (QED) is 0.422. The molecule has 3 rings (SSSR count). The summed E-state index contributed by atoms with van der Waals surface area (Å²) < 4.78 is 7.20. The zero-order valence-electron chi connectivity index (χ0n) is 15.6. The maximum absolute atomic E-state index is 12.2. The van der Waals surface area contributed by atoms with Gasteiger partial charge in [0.2, 0.25) is 11.0 Å². The number of thioether (sulfide) groups is 1. The van der Waals surface area contributed by atoms with Crippen molar-refractivity contribution in [1.82, 2.24) is 25.0 Å². The van der Waals surface area contributed by atoms with E-state index in [0.29, 0.717) is 22.7 Å². The minimum absolute atomic E-state index is 0.167. The van der Waals surface area contributed by atoms with Crippen LogP contribution in [0.15, 0.2) is 42.1 Å². The zero-order chi connectivity index (χ0) is 19.9. The van der Waals surface area contributed by atoms with Crippen LogP contribution in [0.25, 0.3) is 11.4 Å². The predicted molar refractivity (Wildman–Crippen MR) is 111 cm³/mol. The molecule has 1 N–H and O–H groups in total. The lowest BCUT2D eigenvalue weighted by Crippen LogP contribution is -2.14. The maximum Gasteiger partial charge on any atom is 0.236 e. The Morgan fingerprint density at radius 1 is 1.36 bits per heavy atom. The summed E-state index contributed by atoms with van der Waals surface area (Å²) in [7, 11) is 1.62. The normalized spacial score (nSPS) is 10.6. The highest BCUT2D eigenvalue weighted by Gasteiger charge is 2.16. The summed E-state index contributed by atoms with van der Waals surface area (Å²) in [6.45, 7) is 6.33. The zero-order valence-corrected chi connectivity index (χ0v) is 17.2. The van der Waals surface area contributed by atoms with Crippen LogP contribution in [0.4, 0.5) is 5.13 Å². The van der Waals surface area contributed by atoms with Gasteiger partial charge in [0.15, 0.2) is 11.0 Å². The minimum atomic E-state index is -0.167. The van der Waals surface area contributed by atoms with Crippen molar-refractivity contribution in [1.29, 1.82) is 0 Å². The number of amides is 1. The maximum atomic E-state index is 12.2. The number of nitrogens with one attached hydrogen (secondary N) is 1. The molecule has 0 unspecified atom stereocenters. The molecule has 0 bridgehead atoms. The average molecular weight is 417 g/mol. The van der Waals surface area contributed by atoms with Gasteiger partial charge < -0.3 is 4.74 Å². The molecule has 0 aliphatic carbocycles. The molecule has 0 saturated heterocycles. The highest BCUT2D eigenvalue weighted by Crippen LogP contribution is 2.27. The van der Waals surface area contributed by atoms with Crippen molar-refractivity contribution in [2.24, 2.45) is 0 Å². The Labute approximate surface area is 171 Å². The molecule has 0 fully saturated rings. The summed E-state index contributed by atoms with van der Waals surface area (Å²) in [5.74, 6) is 1.45. The van der Waals surface area contributed by atoms with Crippen LogP contribution in [0.2, 0.25) is 0 Å². The van der Waals surface area contributed by atoms with Gasteiger partial charge in [0.25, 0.3) is 0 Å². The Balaban J connectivity index is 1.72. The number of carbonyl (C=O) groups excluding carboxylic acids is 1. The molecule has 28 heavy (non-hydrogen) atoms. The number of ether oxygens (including phenoxy) is 1. The molecule has 8 nitrogen and oxygen atoms in total. The number of hydrogen-bond acceptors (Lipinski definition) is 8. The Morgan fingerprint density at radius 3 is 2.93 bits per heavy atom. The lowest BCUT2D eigenvalue weighted by atomic mass is 10.2. The number of carbonyl (C=O) groups is 1. The molecule has 1 amide bonds. The van der Waals surface area contributed by atoms with E-state index in [9.17, 15) is 4.79 Å². The van der Waals surface area contributed by atoms with Crippen molar-refractivity contribution in [3.63, 3.8) is 0 Å². The van der Waals surface area contributed by atoms with Crippen molar-refractivity contribution in [3.8, 4) is 17.1 Å². The van der Waals surface area contributed by atoms with Crippen molar-refractivity contribution in [3.05, 3.63) is 41.9 Å². The summed E-state index contributed by atoms with van der Waals surface area (Å²) >= 11 is 2.68. The van der Waals surface area contributed by atoms with Crippen LogP contribution < -0.4 is 10.1 Å². The SMILES string of the molecule is C=CCn1c(SCC(=O)Nc2nnc(CC)s2)nnc1-c1cccc(OC)c1. The van der Waals surface area contributed by atoms with Gasteiger partial charge in [0.05, 0.1) is 12.9 Å². The van der Waals surface area contributed by atoms with Gasteiger partial charge in [0.1, 0.15) is 10.8 Å². The minimum Gasteiger partial charge on any atom is -0.497 e. The third-order valence-corrected chi connectivity index (χ3v) is 5.65. The smallest absolute Gasteiger partial charge is 0.236 e. The second kappa shape index (κ2) is 9.47. The molecule has 0 saturated carbocycles. The third-order valence-electron chi connectivity index (χ3n) is 3.70. The van der Waals surface area contributed by atoms with Crippen molar-refractivity contribution >= 4 is 34.1 Å². The Morgan fingerprint density at radius 2 is 2.21 bits per heavy atom. The van der Waals surface area contributed by atoms with Crippen molar-refractivity contribution in [2.45, 2.75) is 25.0 Å². The number of methoxy groups -OCH3 is 1. The van der Waals surface area contributed by atoms with Crippen molar-refractivity contribution < 1.29 is 9.53 Å². The number of rotatable bonds is 9. The largest absolute Gasteiger partial charge is 0.497 e. The van der Waals surface area contributed by atoms with Gasteiger partial charge in [-0.2, -0.15) is 0 Å². The van der Waals surface area contributed by atoms with Gasteiger partial charge in [-0.25, -0.2) is 0 Å². The highest BCUT2D eigenvalue weighted by atomic mass is 32.2. The fraction of sp³-hybridized carbons (Fsp3) is 0.278. The van der Waals surface area contributed by atoms with Crippen LogP contribution in [-0.4, -0.2) is 43.7 Å². The Hall–Kier alpha value is -2.72. The second-order valence-electron chi connectivity index (χ2n) is 5.63. The second-order valence-corrected chi connectivity index (χ2v) is 7.63. The molecule has 0 atom stereocenters. The molecular weight excluding hydrogens is 396 g/mol. The number of nitrogens with zero attached hydrogens (tertiary/aromatic N) is 5. The highest BCUT2D eigenvalue weighted by molar-refractivity contribution is 7.99. The van der Waals surface area contributed by atoms with E-state index >= 15 is 0 Å². The Kier molecular flexibility index (Phi) is 6.77. The van der Waals surface area contributed by atoms with Gasteiger partial charge in [0, 0.05) is 12.1 Å². The number of allylic oxidation sites excluding steroid dienone is 1. The van der Waals surface area contributed by atoms with E-state index < -0.39 is 0 Å². The molecular formula is C18H20N6O2S2. The van der Waals surface area contributed by atoms with Crippen LogP contribution in [0, 0.1) is 0 Å². The van der Waals surface area contributed by atoms with E-state index in [1.807, 2.05) is 35.8 Å². The standard InChI is InChI=1S/C18H20N6O2S2/c1-4-9-24-16(12-7-6-8-13(10-12)26-3)21-23-18(24)27-11-14(25)19-17-22-20-15(5-2)28-17/h4,6-8,10H,1,5,9,11H2,2-3H3,(H,19,22,25). The molecule has 146 valence electrons. The first kappa shape index (κ1) is 20.0. The monoisotopic (exact) mass is 416 g/mol. The number of aryl methyl sites for hydroxylation is 1. The molecule has 0 aliphatic rings. The molecule has 3 aromatic rings. The first-order valence-electron chi connectivity index (χ1n) is 8.58. The van der Waals surface area contributed by atoms with Gasteiger partial charge in [-0.3, -0.25) is 14.7 Å². The molecule has 10 heteroatoms. The van der Waals surface area contributed by atoms with Gasteiger partial charge in [-0.05, 0) is 18.6 Å². The lowest BCUT2D eigenvalue weighted by Gasteiger charge is -2.08. The van der Waals surface area contributed by atoms with E-state index in [2.05, 4.69) is 32.3 Å². The predicted octanol–water partition coefficient (Wildman–Crippen LogP) is 3.28. The lowest BCUT2D eigenvalue weighted by molar-refractivity contribution is -0.113. The van der Waals surface area contributed by atoms with E-state index in [0.717, 1.165) is 22.7 Å². The average Bonchev–Trinajstić information content (AvgIpc) is 3.33.